The van der Waals surface area contributed by atoms with Crippen molar-refractivity contribution >= 4 is 11.8 Å². The van der Waals surface area contributed by atoms with Crippen LogP contribution in [0.15, 0.2) is 36.5 Å². The first-order valence-corrected chi connectivity index (χ1v) is 5.64. The number of nitrogens with zero attached hydrogens (tertiary/aromatic N) is 3. The first kappa shape index (κ1) is 12.3. The van der Waals surface area contributed by atoms with Gasteiger partial charge >= 0.3 is 0 Å². The zero-order valence-corrected chi connectivity index (χ0v) is 10.4. The van der Waals surface area contributed by atoms with Crippen LogP contribution in [0.1, 0.15) is 5.56 Å². The maximum atomic E-state index is 13.4. The molecule has 0 unspecified atom stereocenters. The minimum atomic E-state index is -0.216. The van der Waals surface area contributed by atoms with Gasteiger partial charge in [-0.05, 0) is 12.1 Å². The molecule has 0 fully saturated rings. The molecule has 0 aliphatic heterocycles. The van der Waals surface area contributed by atoms with Crippen LogP contribution in [0.2, 0.25) is 0 Å². The Bertz CT molecular complexity index is 528. The molecule has 0 amide bonds. The highest BCUT2D eigenvalue weighted by molar-refractivity contribution is 5.41. The molecule has 2 rings (SSSR count). The molecule has 0 bridgehead atoms. The Morgan fingerprint density at radius 3 is 2.72 bits per heavy atom. The molecule has 0 aliphatic rings. The van der Waals surface area contributed by atoms with Gasteiger partial charge < -0.3 is 10.2 Å². The van der Waals surface area contributed by atoms with Gasteiger partial charge in [0.15, 0.2) is 0 Å². The molecule has 0 atom stereocenters. The molecule has 4 nitrogen and oxygen atoms in total. The van der Waals surface area contributed by atoms with Crippen molar-refractivity contribution in [1.82, 2.24) is 9.97 Å². The van der Waals surface area contributed by atoms with E-state index in [1.54, 1.807) is 24.4 Å². The van der Waals surface area contributed by atoms with Crippen LogP contribution in [0.25, 0.3) is 0 Å². The molecular formula is C13H15FN4. The zero-order chi connectivity index (χ0) is 13.0. The first-order chi connectivity index (χ1) is 8.66. The van der Waals surface area contributed by atoms with Crippen LogP contribution < -0.4 is 10.2 Å². The third-order valence-electron chi connectivity index (χ3n) is 2.46. The van der Waals surface area contributed by atoms with Crippen molar-refractivity contribution in [3.05, 3.63) is 47.9 Å². The van der Waals surface area contributed by atoms with E-state index in [4.69, 9.17) is 0 Å². The summed E-state index contributed by atoms with van der Waals surface area (Å²) in [4.78, 5) is 10.2. The lowest BCUT2D eigenvalue weighted by atomic mass is 10.2. The van der Waals surface area contributed by atoms with Gasteiger partial charge in [-0.2, -0.15) is 4.98 Å². The molecule has 0 saturated carbocycles. The van der Waals surface area contributed by atoms with Crippen LogP contribution >= 0.6 is 0 Å². The summed E-state index contributed by atoms with van der Waals surface area (Å²) in [6.45, 7) is 0.399. The predicted octanol–water partition coefficient (Wildman–Crippen LogP) is 2.29. The summed E-state index contributed by atoms with van der Waals surface area (Å²) < 4.78 is 13.4. The molecule has 1 aromatic carbocycles. The Labute approximate surface area is 105 Å². The molecule has 0 spiro atoms. The SMILES string of the molecule is CN(C)c1nccc(NCc2ccccc2F)n1. The highest BCUT2D eigenvalue weighted by Crippen LogP contribution is 2.11. The number of hydrogen-bond acceptors (Lipinski definition) is 4. The molecule has 0 aliphatic carbocycles. The lowest BCUT2D eigenvalue weighted by Crippen LogP contribution is -2.13. The number of benzene rings is 1. The van der Waals surface area contributed by atoms with Crippen molar-refractivity contribution in [3.8, 4) is 0 Å². The highest BCUT2D eigenvalue weighted by atomic mass is 19.1. The third kappa shape index (κ3) is 2.94. The number of halogens is 1. The summed E-state index contributed by atoms with van der Waals surface area (Å²) in [5, 5.41) is 3.08. The van der Waals surface area contributed by atoms with Crippen molar-refractivity contribution < 1.29 is 4.39 Å². The van der Waals surface area contributed by atoms with Crippen LogP contribution in [0, 0.1) is 5.82 Å². The molecule has 94 valence electrons. The normalized spacial score (nSPS) is 10.2. The average molecular weight is 246 g/mol. The van der Waals surface area contributed by atoms with E-state index in [0.717, 1.165) is 0 Å². The zero-order valence-electron chi connectivity index (χ0n) is 10.4. The molecule has 1 aromatic heterocycles. The summed E-state index contributed by atoms with van der Waals surface area (Å²) in [6.07, 6.45) is 1.67. The fraction of sp³-hybridized carbons (Fsp3) is 0.231. The standard InChI is InChI=1S/C13H15FN4/c1-18(2)13-15-8-7-12(17-13)16-9-10-5-3-4-6-11(10)14/h3-8H,9H2,1-2H3,(H,15,16,17). The number of aromatic nitrogens is 2. The first-order valence-electron chi connectivity index (χ1n) is 5.64. The van der Waals surface area contributed by atoms with Crippen LogP contribution in [0.3, 0.4) is 0 Å². The Morgan fingerprint density at radius 1 is 1.22 bits per heavy atom. The fourth-order valence-corrected chi connectivity index (χ4v) is 1.49. The van der Waals surface area contributed by atoms with Crippen LogP contribution in [0.5, 0.6) is 0 Å². The maximum absolute atomic E-state index is 13.4. The summed E-state index contributed by atoms with van der Waals surface area (Å²) in [5.41, 5.74) is 0.613. The number of rotatable bonds is 4. The van der Waals surface area contributed by atoms with Crippen molar-refractivity contribution in [2.45, 2.75) is 6.54 Å². The van der Waals surface area contributed by atoms with Crippen LogP contribution in [0.4, 0.5) is 16.2 Å². The molecule has 0 saturated heterocycles. The highest BCUT2D eigenvalue weighted by Gasteiger charge is 2.03. The van der Waals surface area contributed by atoms with Gasteiger partial charge in [0.2, 0.25) is 5.95 Å². The summed E-state index contributed by atoms with van der Waals surface area (Å²) in [7, 11) is 3.74. The van der Waals surface area contributed by atoms with Gasteiger partial charge in [-0.15, -0.1) is 0 Å². The van der Waals surface area contributed by atoms with Gasteiger partial charge in [-0.3, -0.25) is 0 Å². The lowest BCUT2D eigenvalue weighted by molar-refractivity contribution is 0.613. The topological polar surface area (TPSA) is 41.1 Å². The molecule has 0 radical (unpaired) electrons. The van der Waals surface area contributed by atoms with E-state index in [2.05, 4.69) is 15.3 Å². The van der Waals surface area contributed by atoms with Crippen LogP contribution in [-0.4, -0.2) is 24.1 Å². The molecule has 2 aromatic rings. The van der Waals surface area contributed by atoms with Crippen molar-refractivity contribution in [1.29, 1.82) is 0 Å². The number of anilines is 2. The van der Waals surface area contributed by atoms with E-state index in [1.807, 2.05) is 25.1 Å². The van der Waals surface area contributed by atoms with E-state index < -0.39 is 0 Å². The van der Waals surface area contributed by atoms with Crippen molar-refractivity contribution in [2.75, 3.05) is 24.3 Å². The minimum Gasteiger partial charge on any atom is -0.366 e. The lowest BCUT2D eigenvalue weighted by Gasteiger charge is -2.12. The summed E-state index contributed by atoms with van der Waals surface area (Å²) in [6, 6.07) is 8.44. The van der Waals surface area contributed by atoms with E-state index in [1.165, 1.54) is 6.07 Å². The van der Waals surface area contributed by atoms with Gasteiger partial charge in [0.1, 0.15) is 11.6 Å². The van der Waals surface area contributed by atoms with Crippen LogP contribution in [-0.2, 0) is 6.54 Å². The second kappa shape index (κ2) is 5.44. The minimum absolute atomic E-state index is 0.216. The smallest absolute Gasteiger partial charge is 0.226 e. The molecule has 1 heterocycles. The maximum Gasteiger partial charge on any atom is 0.226 e. The third-order valence-corrected chi connectivity index (χ3v) is 2.46. The Morgan fingerprint density at radius 2 is 2.00 bits per heavy atom. The quantitative estimate of drug-likeness (QED) is 0.898. The largest absolute Gasteiger partial charge is 0.366 e. The predicted molar refractivity (Wildman–Crippen MR) is 70.1 cm³/mol. The van der Waals surface area contributed by atoms with E-state index in [9.17, 15) is 4.39 Å². The van der Waals surface area contributed by atoms with Gasteiger partial charge in [0, 0.05) is 32.4 Å². The Balaban J connectivity index is 2.07. The number of nitrogens with one attached hydrogen (secondary N) is 1. The van der Waals surface area contributed by atoms with E-state index in [0.29, 0.717) is 23.9 Å². The second-order valence-corrected chi connectivity index (χ2v) is 4.08. The molecule has 5 heteroatoms. The Hall–Kier alpha value is -2.17. The van der Waals surface area contributed by atoms with Gasteiger partial charge in [0.05, 0.1) is 0 Å². The van der Waals surface area contributed by atoms with Gasteiger partial charge in [-0.25, -0.2) is 9.37 Å². The average Bonchev–Trinajstić information content (AvgIpc) is 2.38. The summed E-state index contributed by atoms with van der Waals surface area (Å²) >= 11 is 0. The fourth-order valence-electron chi connectivity index (χ4n) is 1.49. The van der Waals surface area contributed by atoms with Crippen molar-refractivity contribution in [2.24, 2.45) is 0 Å². The van der Waals surface area contributed by atoms with E-state index in [-0.39, 0.29) is 5.82 Å². The van der Waals surface area contributed by atoms with E-state index >= 15 is 0 Å². The van der Waals surface area contributed by atoms with Gasteiger partial charge in [0.25, 0.3) is 0 Å². The van der Waals surface area contributed by atoms with Gasteiger partial charge in [-0.1, -0.05) is 18.2 Å². The molecular weight excluding hydrogens is 231 g/mol. The van der Waals surface area contributed by atoms with Crippen molar-refractivity contribution in [3.63, 3.8) is 0 Å². The molecule has 18 heavy (non-hydrogen) atoms. The monoisotopic (exact) mass is 246 g/mol. The second-order valence-electron chi connectivity index (χ2n) is 4.08. The summed E-state index contributed by atoms with van der Waals surface area (Å²) in [5.74, 6) is 1.08. The molecule has 1 N–H and O–H groups in total. The Kier molecular flexibility index (Phi) is 3.72. The number of hydrogen-bond donors (Lipinski definition) is 1.